The molecule has 2 heterocycles. The lowest BCUT2D eigenvalue weighted by Gasteiger charge is -2.26. The molecule has 0 saturated carbocycles. The van der Waals surface area contributed by atoms with E-state index in [9.17, 15) is 18.0 Å². The van der Waals surface area contributed by atoms with E-state index in [4.69, 9.17) is 9.47 Å². The van der Waals surface area contributed by atoms with Gasteiger partial charge in [0.15, 0.2) is 12.3 Å². The highest BCUT2D eigenvalue weighted by Gasteiger charge is 2.27. The Morgan fingerprint density at radius 1 is 0.950 bits per heavy atom. The van der Waals surface area contributed by atoms with Crippen LogP contribution in [0, 0.1) is 6.92 Å². The quantitative estimate of drug-likeness (QED) is 0.327. The van der Waals surface area contributed by atoms with E-state index in [0.717, 1.165) is 5.56 Å². The number of anilines is 1. The van der Waals surface area contributed by atoms with Gasteiger partial charge in [0.25, 0.3) is 5.91 Å². The summed E-state index contributed by atoms with van der Waals surface area (Å²) in [6.45, 7) is 2.36. The molecule has 206 valence electrons. The van der Waals surface area contributed by atoms with Crippen molar-refractivity contribution in [3.63, 3.8) is 0 Å². The van der Waals surface area contributed by atoms with Crippen LogP contribution in [-0.2, 0) is 24.3 Å². The summed E-state index contributed by atoms with van der Waals surface area (Å²) in [4.78, 5) is 25.9. The number of esters is 1. The summed E-state index contributed by atoms with van der Waals surface area (Å²) < 4.78 is 39.5. The van der Waals surface area contributed by atoms with Crippen LogP contribution in [0.3, 0.4) is 0 Å². The summed E-state index contributed by atoms with van der Waals surface area (Å²) in [5.74, 6) is -1.33. The van der Waals surface area contributed by atoms with Crippen molar-refractivity contribution >= 4 is 27.6 Å². The molecular weight excluding hydrogens is 532 g/mol. The second-order valence-corrected chi connectivity index (χ2v) is 11.1. The lowest BCUT2D eigenvalue weighted by atomic mass is 10.1. The maximum Gasteiger partial charge on any atom is 0.357 e. The lowest BCUT2D eigenvalue weighted by molar-refractivity contribution is -0.119. The number of aryl methyl sites for hydroxylation is 1. The standard InChI is InChI=1S/C29H28N4O6S/c1-21-12-13-24(40(36,37)32-14-16-38-17-15-32)18-25(21)30-28(34)20-39-29(35)27-19-26(22-8-4-2-5-9-22)31-33(27)23-10-6-3-7-11-23/h2-13,18-19H,14-17,20H2,1H3,(H,30,34). The van der Waals surface area contributed by atoms with E-state index in [1.54, 1.807) is 19.1 Å². The Labute approximate surface area is 232 Å². The number of hydrogen-bond donors (Lipinski definition) is 1. The fourth-order valence-electron chi connectivity index (χ4n) is 4.27. The Balaban J connectivity index is 1.31. The van der Waals surface area contributed by atoms with Crippen LogP contribution in [0.2, 0.25) is 0 Å². The minimum absolute atomic E-state index is 0.0625. The van der Waals surface area contributed by atoms with Gasteiger partial charge in [-0.3, -0.25) is 4.79 Å². The highest BCUT2D eigenvalue weighted by atomic mass is 32.2. The van der Waals surface area contributed by atoms with Crippen molar-refractivity contribution < 1.29 is 27.5 Å². The molecular formula is C29H28N4O6S. The van der Waals surface area contributed by atoms with Gasteiger partial charge in [-0.2, -0.15) is 9.40 Å². The molecule has 0 bridgehead atoms. The summed E-state index contributed by atoms with van der Waals surface area (Å²) in [6, 6.07) is 24.7. The number of para-hydroxylation sites is 1. The first-order valence-electron chi connectivity index (χ1n) is 12.7. The van der Waals surface area contributed by atoms with Crippen LogP contribution < -0.4 is 5.32 Å². The largest absolute Gasteiger partial charge is 0.451 e. The third-order valence-corrected chi connectivity index (χ3v) is 8.31. The van der Waals surface area contributed by atoms with Crippen LogP contribution >= 0.6 is 0 Å². The Kier molecular flexibility index (Phi) is 8.06. The summed E-state index contributed by atoms with van der Waals surface area (Å²) in [5, 5.41) is 7.26. The normalized spacial score (nSPS) is 14.0. The van der Waals surface area contributed by atoms with Gasteiger partial charge in [-0.15, -0.1) is 0 Å². The number of carbonyl (C=O) groups excluding carboxylic acids is 2. The van der Waals surface area contributed by atoms with Gasteiger partial charge >= 0.3 is 5.97 Å². The number of nitrogens with one attached hydrogen (secondary N) is 1. The fourth-order valence-corrected chi connectivity index (χ4v) is 5.70. The smallest absolute Gasteiger partial charge is 0.357 e. The summed E-state index contributed by atoms with van der Waals surface area (Å²) in [5.41, 5.74) is 3.20. The second kappa shape index (κ2) is 11.8. The number of carbonyl (C=O) groups is 2. The van der Waals surface area contributed by atoms with Crippen LogP contribution in [0.4, 0.5) is 5.69 Å². The molecule has 4 aromatic rings. The highest BCUT2D eigenvalue weighted by molar-refractivity contribution is 7.89. The average molecular weight is 561 g/mol. The lowest BCUT2D eigenvalue weighted by Crippen LogP contribution is -2.40. The maximum atomic E-state index is 13.1. The van der Waals surface area contributed by atoms with Gasteiger partial charge in [-0.05, 0) is 42.8 Å². The molecule has 1 fully saturated rings. The molecule has 0 atom stereocenters. The topological polar surface area (TPSA) is 120 Å². The summed E-state index contributed by atoms with van der Waals surface area (Å²) in [7, 11) is -3.74. The van der Waals surface area contributed by atoms with E-state index in [-0.39, 0.29) is 23.7 Å². The van der Waals surface area contributed by atoms with Crippen LogP contribution in [0.25, 0.3) is 16.9 Å². The zero-order valence-electron chi connectivity index (χ0n) is 21.8. The van der Waals surface area contributed by atoms with Gasteiger partial charge in [0, 0.05) is 24.3 Å². The van der Waals surface area contributed by atoms with E-state index in [2.05, 4.69) is 10.4 Å². The molecule has 0 spiro atoms. The van der Waals surface area contributed by atoms with Crippen molar-refractivity contribution in [3.05, 3.63) is 96.2 Å². The molecule has 1 saturated heterocycles. The third-order valence-electron chi connectivity index (χ3n) is 6.41. The molecule has 10 nitrogen and oxygen atoms in total. The molecule has 1 amide bonds. The summed E-state index contributed by atoms with van der Waals surface area (Å²) >= 11 is 0. The zero-order valence-corrected chi connectivity index (χ0v) is 22.6. The Morgan fingerprint density at radius 3 is 2.33 bits per heavy atom. The van der Waals surface area contributed by atoms with Crippen molar-refractivity contribution in [2.24, 2.45) is 0 Å². The Hall–Kier alpha value is -4.32. The first-order valence-corrected chi connectivity index (χ1v) is 14.1. The maximum absolute atomic E-state index is 13.1. The van der Waals surface area contributed by atoms with E-state index < -0.39 is 28.5 Å². The SMILES string of the molecule is Cc1ccc(S(=O)(=O)N2CCOCC2)cc1NC(=O)COC(=O)c1cc(-c2ccccc2)nn1-c1ccccc1. The van der Waals surface area contributed by atoms with Crippen molar-refractivity contribution in [1.29, 1.82) is 0 Å². The van der Waals surface area contributed by atoms with Gasteiger partial charge in [0.1, 0.15) is 0 Å². The van der Waals surface area contributed by atoms with E-state index >= 15 is 0 Å². The van der Waals surface area contributed by atoms with Crippen molar-refractivity contribution in [3.8, 4) is 16.9 Å². The predicted molar refractivity (Wildman–Crippen MR) is 149 cm³/mol. The predicted octanol–water partition coefficient (Wildman–Crippen LogP) is 3.66. The van der Waals surface area contributed by atoms with Crippen LogP contribution in [-0.4, -0.2) is 67.3 Å². The monoisotopic (exact) mass is 560 g/mol. The number of hydrogen-bond acceptors (Lipinski definition) is 7. The number of ether oxygens (including phenoxy) is 2. The molecule has 0 aliphatic carbocycles. The number of morpholine rings is 1. The van der Waals surface area contributed by atoms with Gasteiger partial charge in [0.2, 0.25) is 10.0 Å². The van der Waals surface area contributed by atoms with Crippen molar-refractivity contribution in [2.75, 3.05) is 38.2 Å². The average Bonchev–Trinajstić information content (AvgIpc) is 3.44. The molecule has 1 aliphatic rings. The molecule has 1 aromatic heterocycles. The first kappa shape index (κ1) is 27.3. The van der Waals surface area contributed by atoms with Crippen molar-refractivity contribution in [1.82, 2.24) is 14.1 Å². The molecule has 0 radical (unpaired) electrons. The minimum Gasteiger partial charge on any atom is -0.451 e. The molecule has 1 aliphatic heterocycles. The third kappa shape index (κ3) is 5.96. The number of amides is 1. The van der Waals surface area contributed by atoms with Gasteiger partial charge in [-0.25, -0.2) is 17.9 Å². The summed E-state index contributed by atoms with van der Waals surface area (Å²) in [6.07, 6.45) is 0. The molecule has 1 N–H and O–H groups in total. The number of aromatic nitrogens is 2. The van der Waals surface area contributed by atoms with Gasteiger partial charge in [0.05, 0.1) is 29.5 Å². The Bertz CT molecular complexity index is 1610. The number of rotatable bonds is 8. The number of nitrogens with zero attached hydrogens (tertiary/aromatic N) is 3. The van der Waals surface area contributed by atoms with Crippen LogP contribution in [0.15, 0.2) is 89.8 Å². The second-order valence-electron chi connectivity index (χ2n) is 9.15. The van der Waals surface area contributed by atoms with E-state index in [1.807, 2.05) is 60.7 Å². The van der Waals surface area contributed by atoms with Crippen LogP contribution in [0.5, 0.6) is 0 Å². The van der Waals surface area contributed by atoms with Crippen molar-refractivity contribution in [2.45, 2.75) is 11.8 Å². The molecule has 3 aromatic carbocycles. The number of benzene rings is 3. The molecule has 0 unspecified atom stereocenters. The Morgan fingerprint density at radius 2 is 1.62 bits per heavy atom. The van der Waals surface area contributed by atoms with Gasteiger partial charge in [-0.1, -0.05) is 54.6 Å². The molecule has 40 heavy (non-hydrogen) atoms. The molecule has 11 heteroatoms. The zero-order chi connectivity index (χ0) is 28.1. The van der Waals surface area contributed by atoms with E-state index in [1.165, 1.54) is 21.1 Å². The van der Waals surface area contributed by atoms with E-state index in [0.29, 0.717) is 35.8 Å². The highest BCUT2D eigenvalue weighted by Crippen LogP contribution is 2.25. The molecule has 5 rings (SSSR count). The first-order chi connectivity index (χ1) is 19.3. The van der Waals surface area contributed by atoms with Gasteiger partial charge < -0.3 is 14.8 Å². The minimum atomic E-state index is -3.74. The fraction of sp³-hybridized carbons (Fsp3) is 0.207. The van der Waals surface area contributed by atoms with Crippen LogP contribution in [0.1, 0.15) is 16.1 Å². The number of sulfonamides is 1.